The van der Waals surface area contributed by atoms with Crippen molar-refractivity contribution in [1.29, 1.82) is 0 Å². The molecule has 0 aromatic heterocycles. The molecule has 0 aliphatic rings. The fourth-order valence-corrected chi connectivity index (χ4v) is 3.19. The Morgan fingerprint density at radius 2 is 1.56 bits per heavy atom. The molecule has 0 unspecified atom stereocenters. The van der Waals surface area contributed by atoms with Crippen LogP contribution >= 0.6 is 11.6 Å². The Morgan fingerprint density at radius 3 is 2.29 bits per heavy atom. The molecule has 174 valence electrons. The van der Waals surface area contributed by atoms with E-state index in [1.54, 1.807) is 48.5 Å². The van der Waals surface area contributed by atoms with Crippen molar-refractivity contribution < 1.29 is 19.1 Å². The summed E-state index contributed by atoms with van der Waals surface area (Å²) in [5, 5.41) is 9.51. The van der Waals surface area contributed by atoms with E-state index in [0.717, 1.165) is 11.1 Å². The summed E-state index contributed by atoms with van der Waals surface area (Å²) in [4.78, 5) is 36.5. The maximum atomic E-state index is 12.2. The van der Waals surface area contributed by atoms with Crippen molar-refractivity contribution in [3.8, 4) is 5.75 Å². The highest BCUT2D eigenvalue weighted by atomic mass is 35.5. The SMILES string of the molecule is Cc1cccc(C)c1NC(=O)C(=O)N/N=C\c1ccccc1OCC(=O)Nc1ccccc1Cl. The monoisotopic (exact) mass is 478 g/mol. The van der Waals surface area contributed by atoms with Crippen LogP contribution in [0.2, 0.25) is 5.02 Å². The van der Waals surface area contributed by atoms with Crippen molar-refractivity contribution in [2.24, 2.45) is 5.10 Å². The van der Waals surface area contributed by atoms with Gasteiger partial charge in [0.05, 0.1) is 16.9 Å². The number of benzene rings is 3. The molecule has 3 N–H and O–H groups in total. The molecule has 0 radical (unpaired) electrons. The lowest BCUT2D eigenvalue weighted by atomic mass is 10.1. The summed E-state index contributed by atoms with van der Waals surface area (Å²) in [6, 6.07) is 19.2. The van der Waals surface area contributed by atoms with Crippen molar-refractivity contribution in [3.05, 3.63) is 88.4 Å². The van der Waals surface area contributed by atoms with E-state index in [9.17, 15) is 14.4 Å². The Kier molecular flexibility index (Phi) is 8.37. The molecule has 0 saturated heterocycles. The number of hydrogen-bond acceptors (Lipinski definition) is 5. The zero-order valence-electron chi connectivity index (χ0n) is 18.6. The summed E-state index contributed by atoms with van der Waals surface area (Å²) >= 11 is 6.04. The summed E-state index contributed by atoms with van der Waals surface area (Å²) in [7, 11) is 0. The van der Waals surface area contributed by atoms with Crippen molar-refractivity contribution in [1.82, 2.24) is 5.43 Å². The first-order chi connectivity index (χ1) is 16.3. The van der Waals surface area contributed by atoms with Gasteiger partial charge >= 0.3 is 11.8 Å². The Bertz CT molecular complexity index is 1220. The molecule has 0 spiro atoms. The third kappa shape index (κ3) is 6.66. The molecular weight excluding hydrogens is 456 g/mol. The van der Waals surface area contributed by atoms with Crippen LogP contribution in [0, 0.1) is 13.8 Å². The van der Waals surface area contributed by atoms with Gasteiger partial charge in [0.2, 0.25) is 0 Å². The molecule has 3 amide bonds. The van der Waals surface area contributed by atoms with Crippen LogP contribution in [0.3, 0.4) is 0 Å². The zero-order valence-corrected chi connectivity index (χ0v) is 19.3. The van der Waals surface area contributed by atoms with E-state index in [1.165, 1.54) is 6.21 Å². The zero-order chi connectivity index (χ0) is 24.5. The molecule has 3 rings (SSSR count). The number of amides is 3. The number of nitrogens with one attached hydrogen (secondary N) is 3. The standard InChI is InChI=1S/C25H23ClN4O4/c1-16-8-7-9-17(2)23(16)29-24(32)25(33)30-27-14-18-10-3-6-13-21(18)34-15-22(31)28-20-12-5-4-11-19(20)26/h3-14H,15H2,1-2H3,(H,28,31)(H,29,32)(H,30,33)/b27-14-. The second-order valence-corrected chi connectivity index (χ2v) is 7.68. The highest BCUT2D eigenvalue weighted by Crippen LogP contribution is 2.21. The number of hydrazone groups is 1. The Hall–Kier alpha value is -4.17. The van der Waals surface area contributed by atoms with Gasteiger partial charge < -0.3 is 15.4 Å². The van der Waals surface area contributed by atoms with E-state index in [2.05, 4.69) is 21.2 Å². The highest BCUT2D eigenvalue weighted by molar-refractivity contribution is 6.39. The lowest BCUT2D eigenvalue weighted by Gasteiger charge is -2.11. The lowest BCUT2D eigenvalue weighted by Crippen LogP contribution is -2.32. The summed E-state index contributed by atoms with van der Waals surface area (Å²) < 4.78 is 5.58. The molecule has 0 saturated carbocycles. The molecule has 9 heteroatoms. The minimum Gasteiger partial charge on any atom is -0.483 e. The van der Waals surface area contributed by atoms with Crippen LogP contribution in [0.15, 0.2) is 71.8 Å². The van der Waals surface area contributed by atoms with E-state index >= 15 is 0 Å². The largest absolute Gasteiger partial charge is 0.483 e. The molecule has 0 aliphatic heterocycles. The summed E-state index contributed by atoms with van der Waals surface area (Å²) in [5.41, 5.74) is 5.44. The molecule has 0 fully saturated rings. The Morgan fingerprint density at radius 1 is 0.882 bits per heavy atom. The van der Waals surface area contributed by atoms with Crippen molar-refractivity contribution in [2.45, 2.75) is 13.8 Å². The number of para-hydroxylation sites is 3. The smallest absolute Gasteiger partial charge is 0.329 e. The molecule has 0 atom stereocenters. The van der Waals surface area contributed by atoms with Crippen LogP contribution in [0.5, 0.6) is 5.75 Å². The van der Waals surface area contributed by atoms with E-state index in [1.807, 2.05) is 32.0 Å². The lowest BCUT2D eigenvalue weighted by molar-refractivity contribution is -0.136. The maximum absolute atomic E-state index is 12.2. The number of ether oxygens (including phenoxy) is 1. The van der Waals surface area contributed by atoms with Gasteiger partial charge in [-0.2, -0.15) is 5.10 Å². The highest BCUT2D eigenvalue weighted by Gasteiger charge is 2.15. The van der Waals surface area contributed by atoms with Crippen LogP contribution < -0.4 is 20.8 Å². The fraction of sp³-hybridized carbons (Fsp3) is 0.120. The van der Waals surface area contributed by atoms with Crippen LogP contribution in [-0.2, 0) is 14.4 Å². The number of nitrogens with zero attached hydrogens (tertiary/aromatic N) is 1. The predicted molar refractivity (Wildman–Crippen MR) is 132 cm³/mol. The number of carbonyl (C=O) groups excluding carboxylic acids is 3. The molecule has 0 bridgehead atoms. The Balaban J connectivity index is 1.56. The normalized spacial score (nSPS) is 10.6. The molecule has 34 heavy (non-hydrogen) atoms. The summed E-state index contributed by atoms with van der Waals surface area (Å²) in [6.07, 6.45) is 1.32. The minimum absolute atomic E-state index is 0.263. The van der Waals surface area contributed by atoms with Gasteiger partial charge in [-0.25, -0.2) is 5.43 Å². The minimum atomic E-state index is -0.920. The molecular formula is C25H23ClN4O4. The molecule has 3 aromatic carbocycles. The molecule has 0 aliphatic carbocycles. The fourth-order valence-electron chi connectivity index (χ4n) is 3.00. The molecule has 8 nitrogen and oxygen atoms in total. The first-order valence-electron chi connectivity index (χ1n) is 10.3. The number of halogens is 1. The van der Waals surface area contributed by atoms with Gasteiger partial charge in [-0.3, -0.25) is 14.4 Å². The third-order valence-electron chi connectivity index (χ3n) is 4.72. The van der Waals surface area contributed by atoms with Gasteiger partial charge in [-0.15, -0.1) is 0 Å². The Labute approximate surface area is 202 Å². The average molecular weight is 479 g/mol. The van der Waals surface area contributed by atoms with E-state index in [-0.39, 0.29) is 6.61 Å². The van der Waals surface area contributed by atoms with Gasteiger partial charge in [0.25, 0.3) is 5.91 Å². The maximum Gasteiger partial charge on any atom is 0.329 e. The van der Waals surface area contributed by atoms with Gasteiger partial charge in [-0.05, 0) is 49.2 Å². The van der Waals surface area contributed by atoms with Crippen molar-refractivity contribution in [2.75, 3.05) is 17.2 Å². The number of carbonyl (C=O) groups is 3. The van der Waals surface area contributed by atoms with Gasteiger partial charge in [0, 0.05) is 11.3 Å². The van der Waals surface area contributed by atoms with Crippen molar-refractivity contribution >= 4 is 46.9 Å². The molecule has 0 heterocycles. The van der Waals surface area contributed by atoms with Crippen LogP contribution in [-0.4, -0.2) is 30.5 Å². The first-order valence-corrected chi connectivity index (χ1v) is 10.7. The van der Waals surface area contributed by atoms with Gasteiger partial charge in [0.1, 0.15) is 5.75 Å². The number of rotatable bonds is 7. The third-order valence-corrected chi connectivity index (χ3v) is 5.05. The summed E-state index contributed by atoms with van der Waals surface area (Å²) in [6.45, 7) is 3.41. The second kappa shape index (κ2) is 11.6. The summed E-state index contributed by atoms with van der Waals surface area (Å²) in [5.74, 6) is -1.78. The van der Waals surface area contributed by atoms with E-state index in [0.29, 0.717) is 27.7 Å². The van der Waals surface area contributed by atoms with Crippen LogP contribution in [0.25, 0.3) is 0 Å². The molecule has 3 aromatic rings. The van der Waals surface area contributed by atoms with E-state index < -0.39 is 17.7 Å². The van der Waals surface area contributed by atoms with Gasteiger partial charge in [0.15, 0.2) is 6.61 Å². The quantitative estimate of drug-likeness (QED) is 0.270. The topological polar surface area (TPSA) is 109 Å². The second-order valence-electron chi connectivity index (χ2n) is 7.27. The number of hydrogen-bond donors (Lipinski definition) is 3. The van der Waals surface area contributed by atoms with Crippen LogP contribution in [0.4, 0.5) is 11.4 Å². The van der Waals surface area contributed by atoms with E-state index in [4.69, 9.17) is 16.3 Å². The number of aryl methyl sites for hydroxylation is 2. The van der Waals surface area contributed by atoms with Crippen molar-refractivity contribution in [3.63, 3.8) is 0 Å². The van der Waals surface area contributed by atoms with Crippen LogP contribution in [0.1, 0.15) is 16.7 Å². The van der Waals surface area contributed by atoms with Gasteiger partial charge in [-0.1, -0.05) is 54.1 Å². The first kappa shape index (κ1) is 24.5. The average Bonchev–Trinajstić information content (AvgIpc) is 2.82. The predicted octanol–water partition coefficient (Wildman–Crippen LogP) is 4.06. The number of anilines is 2.